The summed E-state index contributed by atoms with van der Waals surface area (Å²) >= 11 is 0. The number of amides is 1. The monoisotopic (exact) mass is 856 g/mol. The molecule has 1 amide bonds. The molecule has 0 radical (unpaired) electrons. The summed E-state index contributed by atoms with van der Waals surface area (Å²) < 4.78 is 18.5. The van der Waals surface area contributed by atoms with E-state index in [9.17, 15) is 39.6 Å². The van der Waals surface area contributed by atoms with Gasteiger partial charge in [0.2, 0.25) is 5.91 Å². The molecule has 2 bridgehead atoms. The van der Waals surface area contributed by atoms with Crippen LogP contribution < -0.4 is 0 Å². The number of carbonyl (C=O) groups excluding carboxylic acids is 4. The summed E-state index contributed by atoms with van der Waals surface area (Å²) in [5.41, 5.74) is 1.49. The first-order valence-corrected chi connectivity index (χ1v) is 23.0. The van der Waals surface area contributed by atoms with Crippen LogP contribution in [-0.4, -0.2) is 111 Å². The molecule has 14 atom stereocenters. The topological polar surface area (TPSA) is 180 Å². The summed E-state index contributed by atoms with van der Waals surface area (Å²) in [6.45, 7) is 13.5. The van der Waals surface area contributed by atoms with E-state index in [0.29, 0.717) is 82.7 Å². The van der Waals surface area contributed by atoms with Crippen molar-refractivity contribution in [1.29, 1.82) is 0 Å². The third-order valence-corrected chi connectivity index (χ3v) is 14.0. The second-order valence-corrected chi connectivity index (χ2v) is 19.2. The van der Waals surface area contributed by atoms with Crippen molar-refractivity contribution in [2.45, 2.75) is 187 Å². The van der Waals surface area contributed by atoms with Crippen LogP contribution in [0.3, 0.4) is 0 Å². The average Bonchev–Trinajstić information content (AvgIpc) is 3.21. The van der Waals surface area contributed by atoms with Gasteiger partial charge in [0.25, 0.3) is 0 Å². The molecule has 0 aromatic carbocycles. The molecule has 344 valence electrons. The van der Waals surface area contributed by atoms with Gasteiger partial charge in [0.15, 0.2) is 5.79 Å². The predicted octanol–water partition coefficient (Wildman–Crippen LogP) is 6.72. The Balaban J connectivity index is 1.63. The number of aliphatic hydroxyl groups is 4. The Labute approximate surface area is 364 Å². The molecule has 3 heterocycles. The zero-order valence-electron chi connectivity index (χ0n) is 38.2. The molecule has 0 spiro atoms. The van der Waals surface area contributed by atoms with Gasteiger partial charge in [-0.1, -0.05) is 71.1 Å². The van der Waals surface area contributed by atoms with Crippen LogP contribution in [0.5, 0.6) is 0 Å². The van der Waals surface area contributed by atoms with Gasteiger partial charge in [-0.25, -0.2) is 4.79 Å². The second kappa shape index (κ2) is 23.6. The van der Waals surface area contributed by atoms with Crippen molar-refractivity contribution < 1.29 is 53.8 Å². The normalized spacial score (nSPS) is 41.0. The van der Waals surface area contributed by atoms with E-state index in [4.69, 9.17) is 14.2 Å². The quantitative estimate of drug-likeness (QED) is 0.174. The summed E-state index contributed by atoms with van der Waals surface area (Å²) in [7, 11) is 1.64. The van der Waals surface area contributed by atoms with E-state index in [1.54, 1.807) is 27.0 Å². The van der Waals surface area contributed by atoms with Gasteiger partial charge in [0, 0.05) is 50.7 Å². The number of Topliss-reactive ketones (excluding diaryl/α,β-unsaturated/α-hetero) is 2. The van der Waals surface area contributed by atoms with Gasteiger partial charge in [-0.3, -0.25) is 14.4 Å². The number of fused-ring (bicyclic) bond motifs is 3. The molecule has 1 unspecified atom stereocenters. The number of methoxy groups -OCH3 is 1. The van der Waals surface area contributed by atoms with Crippen LogP contribution in [0, 0.1) is 35.5 Å². The van der Waals surface area contributed by atoms with Gasteiger partial charge in [-0.2, -0.15) is 0 Å². The maximum atomic E-state index is 14.2. The van der Waals surface area contributed by atoms with Crippen LogP contribution >= 0.6 is 0 Å². The van der Waals surface area contributed by atoms with E-state index in [1.165, 1.54) is 4.90 Å². The molecule has 2 saturated heterocycles. The Bertz CT molecular complexity index is 1600. The molecule has 4 N–H and O–H groups in total. The van der Waals surface area contributed by atoms with Crippen molar-refractivity contribution in [1.82, 2.24) is 4.90 Å². The zero-order chi connectivity index (χ0) is 45.0. The van der Waals surface area contributed by atoms with Gasteiger partial charge in [-0.05, 0) is 107 Å². The molecular weight excluding hydrogens is 779 g/mol. The van der Waals surface area contributed by atoms with E-state index in [2.05, 4.69) is 0 Å². The smallest absolute Gasteiger partial charge is 0.329 e. The summed E-state index contributed by atoms with van der Waals surface area (Å²) in [5, 5.41) is 43.6. The van der Waals surface area contributed by atoms with Crippen molar-refractivity contribution in [3.8, 4) is 0 Å². The molecule has 4 rings (SSSR count). The summed E-state index contributed by atoms with van der Waals surface area (Å²) in [6.07, 6.45) is 13.1. The second-order valence-electron chi connectivity index (χ2n) is 19.2. The predicted molar refractivity (Wildman–Crippen MR) is 234 cm³/mol. The lowest BCUT2D eigenvalue weighted by atomic mass is 9.78. The van der Waals surface area contributed by atoms with Crippen molar-refractivity contribution in [3.63, 3.8) is 0 Å². The van der Waals surface area contributed by atoms with Crippen LogP contribution in [0.15, 0.2) is 47.6 Å². The van der Waals surface area contributed by atoms with Crippen molar-refractivity contribution in [3.05, 3.63) is 47.6 Å². The molecule has 4 aliphatic rings. The summed E-state index contributed by atoms with van der Waals surface area (Å²) in [4.78, 5) is 57.1. The molecule has 61 heavy (non-hydrogen) atoms. The van der Waals surface area contributed by atoms with Crippen LogP contribution in [0.1, 0.15) is 138 Å². The van der Waals surface area contributed by atoms with Crippen molar-refractivity contribution in [2.24, 2.45) is 35.5 Å². The number of aliphatic hydroxyl groups excluding tert-OH is 3. The number of ketones is 2. The molecule has 3 fully saturated rings. The van der Waals surface area contributed by atoms with Gasteiger partial charge in [0.1, 0.15) is 23.7 Å². The lowest BCUT2D eigenvalue weighted by Crippen LogP contribution is -2.55. The van der Waals surface area contributed by atoms with Gasteiger partial charge in [0.05, 0.1) is 36.9 Å². The van der Waals surface area contributed by atoms with Crippen molar-refractivity contribution in [2.75, 3.05) is 13.7 Å². The average molecular weight is 856 g/mol. The third kappa shape index (κ3) is 14.8. The zero-order valence-corrected chi connectivity index (χ0v) is 38.2. The Morgan fingerprint density at radius 3 is 2.30 bits per heavy atom. The largest absolute Gasteiger partial charge is 0.460 e. The van der Waals surface area contributed by atoms with Crippen LogP contribution in [0.2, 0.25) is 0 Å². The van der Waals surface area contributed by atoms with Gasteiger partial charge < -0.3 is 39.5 Å². The lowest BCUT2D eigenvalue weighted by Gasteiger charge is -2.44. The number of piperidine rings is 1. The van der Waals surface area contributed by atoms with E-state index >= 15 is 0 Å². The lowest BCUT2D eigenvalue weighted by molar-refractivity contribution is -0.284. The number of hydrogen-bond acceptors (Lipinski definition) is 11. The third-order valence-electron chi connectivity index (χ3n) is 14.0. The molecular formula is C49H77NO11. The molecule has 1 aliphatic carbocycles. The minimum absolute atomic E-state index is 0.0520. The van der Waals surface area contributed by atoms with Crippen LogP contribution in [0.25, 0.3) is 0 Å². The first-order valence-electron chi connectivity index (χ1n) is 23.0. The maximum Gasteiger partial charge on any atom is 0.329 e. The standard InChI is InChI=1S/C49H77NO11/c1-30-14-10-9-11-15-31(2)45(59-8)26-38-19-17-36(7)49(58,61-38)29-47(56)50-21-13-12-16-39(50)48(57)60-46(35(6)24-37-18-20-40(51)44(55)25-37)28-43(54)34(5)23-33(4)42(53)27-41(52)32(3)22-30/h9-11,14-15,23,30,32,34-40,42,44-46,51,53,55,58H,12-13,16-22,24-29H2,1-8H3/b11-9+,14-10+,31-15+,33-23+/t30-,32-,34-,35-,36-,37+,38+,39+,40-,42+,44-,45+,46?,49+/m1/s1. The molecule has 0 aromatic heterocycles. The number of esters is 1. The fourth-order valence-electron chi connectivity index (χ4n) is 9.64. The number of ether oxygens (including phenoxy) is 3. The van der Waals surface area contributed by atoms with Crippen LogP contribution in [0.4, 0.5) is 0 Å². The highest BCUT2D eigenvalue weighted by atomic mass is 16.6. The Morgan fingerprint density at radius 2 is 1.59 bits per heavy atom. The molecule has 12 nitrogen and oxygen atoms in total. The van der Waals surface area contributed by atoms with Crippen LogP contribution in [-0.2, 0) is 33.4 Å². The molecule has 0 aromatic rings. The SMILES string of the molecule is CO[C@H]1C[C@@H]2CC[C@@H](C)[C@](O)(CC(=O)N3CCCC[C@H]3C(=O)OC([C@H](C)C[C@@H]3CC[C@@H](O)[C@H](O)C3)CC(=O)[C@H](C)/C=C(\C)[C@@H](O)CC(=O)[C@H](C)C[C@H](C)/C=C/C=C/C=C/1C)O2. The number of cyclic esters (lactones) is 1. The highest BCUT2D eigenvalue weighted by Crippen LogP contribution is 2.38. The Kier molecular flexibility index (Phi) is 19.6. The van der Waals surface area contributed by atoms with E-state index in [-0.39, 0.29) is 72.6 Å². The number of rotatable bonds is 4. The first-order chi connectivity index (χ1) is 28.8. The number of allylic oxidation sites excluding steroid dienone is 6. The fourth-order valence-corrected chi connectivity index (χ4v) is 9.64. The fraction of sp³-hybridized carbons (Fsp3) is 0.755. The molecule has 12 heteroatoms. The Hall–Kier alpha value is -3.00. The van der Waals surface area contributed by atoms with E-state index < -0.39 is 54.0 Å². The number of hydrogen-bond donors (Lipinski definition) is 4. The van der Waals surface area contributed by atoms with Gasteiger partial charge in [-0.15, -0.1) is 0 Å². The number of carbonyl (C=O) groups is 4. The molecule has 1 saturated carbocycles. The van der Waals surface area contributed by atoms with Crippen molar-refractivity contribution >= 4 is 23.4 Å². The minimum Gasteiger partial charge on any atom is -0.460 e. The number of nitrogens with zero attached hydrogens (tertiary/aromatic N) is 1. The molecule has 3 aliphatic heterocycles. The Morgan fingerprint density at radius 1 is 0.852 bits per heavy atom. The first kappa shape index (κ1) is 50.6. The van der Waals surface area contributed by atoms with E-state index in [0.717, 1.165) is 5.57 Å². The minimum atomic E-state index is -1.75. The highest BCUT2D eigenvalue weighted by Gasteiger charge is 2.46. The van der Waals surface area contributed by atoms with Gasteiger partial charge >= 0.3 is 5.97 Å². The summed E-state index contributed by atoms with van der Waals surface area (Å²) in [5.74, 6) is -4.41. The van der Waals surface area contributed by atoms with E-state index in [1.807, 2.05) is 65.0 Å². The highest BCUT2D eigenvalue weighted by molar-refractivity contribution is 5.86. The summed E-state index contributed by atoms with van der Waals surface area (Å²) in [6, 6.07) is -0.904. The maximum absolute atomic E-state index is 14.2.